The molecule has 0 saturated carbocycles. The number of nitrogens with one attached hydrogen (secondary N) is 1. The number of nitrogens with zero attached hydrogens (tertiary/aromatic N) is 1. The molecule has 6 heteroatoms. The van der Waals surface area contributed by atoms with Crippen LogP contribution in [0.5, 0.6) is 0 Å². The SMILES string of the molecule is CNC1(C(=O)O)CCN(Cc2ccccc2)CC1.Cl.Cl. The van der Waals surface area contributed by atoms with Crippen LogP contribution in [-0.2, 0) is 11.3 Å². The maximum atomic E-state index is 11.3. The van der Waals surface area contributed by atoms with Crippen molar-refractivity contribution in [2.75, 3.05) is 20.1 Å². The molecule has 0 spiro atoms. The van der Waals surface area contributed by atoms with Gasteiger partial charge >= 0.3 is 5.97 Å². The number of likely N-dealkylation sites (N-methyl/N-ethyl adjacent to an activating group) is 1. The summed E-state index contributed by atoms with van der Waals surface area (Å²) >= 11 is 0. The van der Waals surface area contributed by atoms with Gasteiger partial charge in [0.25, 0.3) is 0 Å². The Hall–Kier alpha value is -0.810. The van der Waals surface area contributed by atoms with Gasteiger partial charge in [0.15, 0.2) is 0 Å². The number of benzene rings is 1. The first kappa shape index (κ1) is 19.2. The van der Waals surface area contributed by atoms with Gasteiger partial charge in [0.05, 0.1) is 0 Å². The molecule has 1 aromatic carbocycles. The zero-order chi connectivity index (χ0) is 13.0. The van der Waals surface area contributed by atoms with Crippen molar-refractivity contribution in [1.29, 1.82) is 0 Å². The van der Waals surface area contributed by atoms with Gasteiger partial charge in [-0.25, -0.2) is 0 Å². The van der Waals surface area contributed by atoms with Gasteiger partial charge in [-0.3, -0.25) is 9.69 Å². The fourth-order valence-corrected chi connectivity index (χ4v) is 2.51. The predicted octanol–water partition coefficient (Wildman–Crippen LogP) is 2.17. The van der Waals surface area contributed by atoms with Gasteiger partial charge < -0.3 is 10.4 Å². The number of aliphatic carboxylic acids is 1. The van der Waals surface area contributed by atoms with Crippen LogP contribution < -0.4 is 5.32 Å². The van der Waals surface area contributed by atoms with Crippen molar-refractivity contribution in [3.63, 3.8) is 0 Å². The molecule has 1 aromatic rings. The fraction of sp³-hybridized carbons (Fsp3) is 0.500. The number of hydrogen-bond donors (Lipinski definition) is 2. The molecular weight excluding hydrogens is 299 g/mol. The molecule has 0 aliphatic carbocycles. The Balaban J connectivity index is 0.00000180. The second-order valence-electron chi connectivity index (χ2n) is 4.90. The average molecular weight is 321 g/mol. The minimum atomic E-state index is -0.732. The van der Waals surface area contributed by atoms with E-state index in [-0.39, 0.29) is 24.8 Å². The van der Waals surface area contributed by atoms with Crippen molar-refractivity contribution in [3.8, 4) is 0 Å². The number of carboxylic acids is 1. The Labute approximate surface area is 132 Å². The summed E-state index contributed by atoms with van der Waals surface area (Å²) in [5.41, 5.74) is 0.553. The van der Waals surface area contributed by atoms with Gasteiger partial charge in [-0.05, 0) is 25.5 Å². The lowest BCUT2D eigenvalue weighted by Gasteiger charge is -2.38. The van der Waals surface area contributed by atoms with Gasteiger partial charge in [0, 0.05) is 19.6 Å². The van der Waals surface area contributed by atoms with Gasteiger partial charge in [0.2, 0.25) is 0 Å². The number of carboxylic acid groups (broad SMARTS) is 1. The first-order valence-corrected chi connectivity index (χ1v) is 6.35. The monoisotopic (exact) mass is 320 g/mol. The number of halogens is 2. The minimum absolute atomic E-state index is 0. The number of carbonyl (C=O) groups is 1. The standard InChI is InChI=1S/C14H20N2O2.2ClH/c1-15-14(13(17)18)7-9-16(10-8-14)11-12-5-3-2-4-6-12;;/h2-6,15H,7-11H2,1H3,(H,17,18);2*1H. The molecule has 1 heterocycles. The highest BCUT2D eigenvalue weighted by atomic mass is 35.5. The Bertz CT molecular complexity index is 407. The van der Waals surface area contributed by atoms with Crippen molar-refractivity contribution >= 4 is 30.8 Å². The molecule has 1 fully saturated rings. The van der Waals surface area contributed by atoms with Gasteiger partial charge in [-0.15, -0.1) is 24.8 Å². The molecule has 0 bridgehead atoms. The van der Waals surface area contributed by atoms with Crippen LogP contribution in [0, 0.1) is 0 Å². The van der Waals surface area contributed by atoms with Gasteiger partial charge in [-0.1, -0.05) is 30.3 Å². The molecule has 20 heavy (non-hydrogen) atoms. The molecular formula is C14H22Cl2N2O2. The summed E-state index contributed by atoms with van der Waals surface area (Å²) in [6, 6.07) is 10.3. The lowest BCUT2D eigenvalue weighted by Crippen LogP contribution is -2.57. The maximum Gasteiger partial charge on any atom is 0.323 e. The third-order valence-corrected chi connectivity index (χ3v) is 3.85. The van der Waals surface area contributed by atoms with Crippen LogP contribution in [0.25, 0.3) is 0 Å². The lowest BCUT2D eigenvalue weighted by atomic mass is 9.87. The highest BCUT2D eigenvalue weighted by Gasteiger charge is 2.39. The molecule has 0 radical (unpaired) electrons. The van der Waals surface area contributed by atoms with Crippen molar-refractivity contribution in [2.45, 2.75) is 24.9 Å². The van der Waals surface area contributed by atoms with Crippen LogP contribution in [0.4, 0.5) is 0 Å². The van der Waals surface area contributed by atoms with E-state index in [1.165, 1.54) is 5.56 Å². The van der Waals surface area contributed by atoms with E-state index in [2.05, 4.69) is 22.3 Å². The second kappa shape index (κ2) is 8.47. The molecule has 1 aliphatic rings. The lowest BCUT2D eigenvalue weighted by molar-refractivity contribution is -0.146. The molecule has 114 valence electrons. The van der Waals surface area contributed by atoms with Crippen molar-refractivity contribution in [2.24, 2.45) is 0 Å². The number of hydrogen-bond acceptors (Lipinski definition) is 3. The minimum Gasteiger partial charge on any atom is -0.480 e. The molecule has 1 aliphatic heterocycles. The van der Waals surface area contributed by atoms with E-state index in [1.54, 1.807) is 7.05 Å². The van der Waals surface area contributed by atoms with Gasteiger partial charge in [0.1, 0.15) is 5.54 Å². The first-order valence-electron chi connectivity index (χ1n) is 6.35. The van der Waals surface area contributed by atoms with E-state index in [4.69, 9.17) is 0 Å². The van der Waals surface area contributed by atoms with Crippen LogP contribution >= 0.6 is 24.8 Å². The quantitative estimate of drug-likeness (QED) is 0.892. The van der Waals surface area contributed by atoms with Crippen LogP contribution in [0.1, 0.15) is 18.4 Å². The number of likely N-dealkylation sites (tertiary alicyclic amines) is 1. The zero-order valence-electron chi connectivity index (χ0n) is 11.5. The van der Waals surface area contributed by atoms with E-state index < -0.39 is 11.5 Å². The summed E-state index contributed by atoms with van der Waals surface area (Å²) in [6.07, 6.45) is 1.32. The zero-order valence-corrected chi connectivity index (χ0v) is 13.2. The van der Waals surface area contributed by atoms with Crippen LogP contribution in [0.2, 0.25) is 0 Å². The molecule has 0 aromatic heterocycles. The van der Waals surface area contributed by atoms with E-state index in [9.17, 15) is 9.90 Å². The highest BCUT2D eigenvalue weighted by molar-refractivity contribution is 5.85. The van der Waals surface area contributed by atoms with E-state index in [0.29, 0.717) is 12.8 Å². The fourth-order valence-electron chi connectivity index (χ4n) is 2.51. The molecule has 4 nitrogen and oxygen atoms in total. The number of rotatable bonds is 4. The molecule has 2 N–H and O–H groups in total. The molecule has 2 rings (SSSR count). The predicted molar refractivity (Wildman–Crippen MR) is 84.9 cm³/mol. The normalized spacial score (nSPS) is 17.6. The summed E-state index contributed by atoms with van der Waals surface area (Å²) in [7, 11) is 1.74. The Morgan fingerprint density at radius 1 is 1.25 bits per heavy atom. The van der Waals surface area contributed by atoms with Crippen molar-refractivity contribution in [3.05, 3.63) is 35.9 Å². The molecule has 0 atom stereocenters. The van der Waals surface area contributed by atoms with Crippen LogP contribution in [0.3, 0.4) is 0 Å². The van der Waals surface area contributed by atoms with Gasteiger partial charge in [-0.2, -0.15) is 0 Å². The summed E-state index contributed by atoms with van der Waals surface area (Å²) in [5.74, 6) is -0.732. The Morgan fingerprint density at radius 3 is 2.25 bits per heavy atom. The first-order chi connectivity index (χ1) is 8.66. The number of piperidine rings is 1. The molecule has 0 unspecified atom stereocenters. The third kappa shape index (κ3) is 4.35. The van der Waals surface area contributed by atoms with E-state index in [1.807, 2.05) is 18.2 Å². The summed E-state index contributed by atoms with van der Waals surface area (Å²) in [5, 5.41) is 12.3. The second-order valence-corrected chi connectivity index (χ2v) is 4.90. The van der Waals surface area contributed by atoms with E-state index >= 15 is 0 Å². The van der Waals surface area contributed by atoms with Crippen LogP contribution in [0.15, 0.2) is 30.3 Å². The maximum absolute atomic E-state index is 11.3. The smallest absolute Gasteiger partial charge is 0.323 e. The average Bonchev–Trinajstić information content (AvgIpc) is 2.41. The Kier molecular flexibility index (Phi) is 8.13. The third-order valence-electron chi connectivity index (χ3n) is 3.85. The summed E-state index contributed by atoms with van der Waals surface area (Å²) in [6.45, 7) is 2.55. The highest BCUT2D eigenvalue weighted by Crippen LogP contribution is 2.23. The topological polar surface area (TPSA) is 52.6 Å². The van der Waals surface area contributed by atoms with Crippen LogP contribution in [-0.4, -0.2) is 41.7 Å². The van der Waals surface area contributed by atoms with E-state index in [0.717, 1.165) is 19.6 Å². The molecule has 1 saturated heterocycles. The van der Waals surface area contributed by atoms with Crippen molar-refractivity contribution < 1.29 is 9.90 Å². The summed E-state index contributed by atoms with van der Waals surface area (Å²) < 4.78 is 0. The molecule has 0 amide bonds. The van der Waals surface area contributed by atoms with Crippen molar-refractivity contribution in [1.82, 2.24) is 10.2 Å². The Morgan fingerprint density at radius 2 is 1.80 bits per heavy atom. The summed E-state index contributed by atoms with van der Waals surface area (Å²) in [4.78, 5) is 13.6. The largest absolute Gasteiger partial charge is 0.480 e.